The molecule has 4 heteroatoms. The summed E-state index contributed by atoms with van der Waals surface area (Å²) in [5.74, 6) is 0. The lowest BCUT2D eigenvalue weighted by atomic mass is 10.3. The maximum atomic E-state index is 4.71. The molecule has 1 heterocycles. The van der Waals surface area contributed by atoms with Crippen LogP contribution in [0.15, 0.2) is 0 Å². The summed E-state index contributed by atoms with van der Waals surface area (Å²) in [7, 11) is 1.61. The van der Waals surface area contributed by atoms with Crippen molar-refractivity contribution in [3.05, 3.63) is 0 Å². The van der Waals surface area contributed by atoms with Crippen LogP contribution in [0.3, 0.4) is 0 Å². The van der Waals surface area contributed by atoms with Crippen molar-refractivity contribution in [3.8, 4) is 0 Å². The van der Waals surface area contributed by atoms with Gasteiger partial charge in [-0.1, -0.05) is 0 Å². The van der Waals surface area contributed by atoms with Gasteiger partial charge in [0.25, 0.3) is 0 Å². The highest BCUT2D eigenvalue weighted by Gasteiger charge is 1.97. The van der Waals surface area contributed by atoms with Crippen LogP contribution in [0.4, 0.5) is 0 Å². The molecule has 1 fully saturated rings. The fourth-order valence-electron chi connectivity index (χ4n) is 0.295. The Balaban J connectivity index is 0.000000250. The van der Waals surface area contributed by atoms with E-state index in [1.165, 1.54) is 0 Å². The van der Waals surface area contributed by atoms with Crippen LogP contribution in [-0.2, 0) is 4.65 Å². The van der Waals surface area contributed by atoms with E-state index in [0.717, 1.165) is 13.2 Å². The lowest BCUT2D eigenvalue weighted by Crippen LogP contribution is -2.09. The second-order valence-electron chi connectivity index (χ2n) is 0.943. The summed E-state index contributed by atoms with van der Waals surface area (Å²) in [6.07, 6.45) is 0. The highest BCUT2D eigenvalue weighted by molar-refractivity contribution is 6.24. The van der Waals surface area contributed by atoms with E-state index in [1.807, 2.05) is 0 Å². The van der Waals surface area contributed by atoms with Crippen LogP contribution in [0.2, 0.25) is 0 Å². The molecular formula is C2H7BNO2. The molecule has 1 aliphatic heterocycles. The summed E-state index contributed by atoms with van der Waals surface area (Å²) >= 11 is 0. The molecule has 1 radical (unpaired) electrons. The Labute approximate surface area is 37.3 Å². The van der Waals surface area contributed by atoms with Crippen LogP contribution < -0.4 is 5.23 Å². The Morgan fingerprint density at radius 1 is 1.67 bits per heavy atom. The summed E-state index contributed by atoms with van der Waals surface area (Å²) in [4.78, 5) is 0. The van der Waals surface area contributed by atoms with E-state index in [-0.39, 0.29) is 5.48 Å². The van der Waals surface area contributed by atoms with Crippen LogP contribution >= 0.6 is 0 Å². The molecule has 1 aliphatic rings. The van der Waals surface area contributed by atoms with Gasteiger partial charge in [-0.2, -0.15) is 0 Å². The van der Waals surface area contributed by atoms with Gasteiger partial charge in [0.15, 0.2) is 0 Å². The normalized spacial score (nSPS) is 18.7. The highest BCUT2D eigenvalue weighted by atomic mass is 16.4. The minimum absolute atomic E-state index is 0. The van der Waals surface area contributed by atoms with Crippen LogP contribution in [0, 0.1) is 0 Å². The first-order valence-electron chi connectivity index (χ1n) is 1.67. The number of hydrogen-bond acceptors (Lipinski definition) is 2. The van der Waals surface area contributed by atoms with E-state index >= 15 is 0 Å². The average Bonchev–Trinajstić information content (AvgIpc) is 1.76. The zero-order valence-corrected chi connectivity index (χ0v) is 3.40. The van der Waals surface area contributed by atoms with E-state index in [9.17, 15) is 0 Å². The zero-order chi connectivity index (χ0) is 3.54. The van der Waals surface area contributed by atoms with Gasteiger partial charge in [0.1, 0.15) is 0 Å². The van der Waals surface area contributed by atoms with Crippen LogP contribution in [0.1, 0.15) is 0 Å². The highest BCUT2D eigenvalue weighted by Crippen LogP contribution is 1.72. The topological polar surface area (TPSA) is 52.8 Å². The molecule has 0 amide bonds. The molecule has 0 aromatic heterocycles. The summed E-state index contributed by atoms with van der Waals surface area (Å²) in [5, 5.41) is 2.88. The van der Waals surface area contributed by atoms with Gasteiger partial charge in [-0.15, -0.1) is 0 Å². The molecule has 0 saturated carbocycles. The summed E-state index contributed by atoms with van der Waals surface area (Å²) in [5.41, 5.74) is 0. The van der Waals surface area contributed by atoms with Crippen LogP contribution in [0.25, 0.3) is 0 Å². The molecule has 35 valence electrons. The predicted octanol–water partition coefficient (Wildman–Crippen LogP) is -1.68. The van der Waals surface area contributed by atoms with Gasteiger partial charge < -0.3 is 15.4 Å². The fraction of sp³-hybridized carbons (Fsp3) is 1.00. The largest absolute Gasteiger partial charge is 0.423 e. The van der Waals surface area contributed by atoms with Crippen molar-refractivity contribution in [3.63, 3.8) is 0 Å². The second-order valence-corrected chi connectivity index (χ2v) is 0.943. The van der Waals surface area contributed by atoms with Crippen molar-refractivity contribution >= 4 is 7.62 Å². The van der Waals surface area contributed by atoms with Crippen LogP contribution in [0.5, 0.6) is 0 Å². The first kappa shape index (κ1) is 5.94. The van der Waals surface area contributed by atoms with Crippen molar-refractivity contribution in [1.82, 2.24) is 5.23 Å². The lowest BCUT2D eigenvalue weighted by Gasteiger charge is -1.73. The molecule has 0 aromatic carbocycles. The summed E-state index contributed by atoms with van der Waals surface area (Å²) in [6.45, 7) is 1.81. The molecule has 1 rings (SSSR count). The third-order valence-corrected chi connectivity index (χ3v) is 0.531. The lowest BCUT2D eigenvalue weighted by molar-refractivity contribution is 0.385. The standard InChI is InChI=1S/C2H5BNO.H2O/c1-2-5-3-4-1;/h4H,1-2H2;1H2. The average molecular weight is 87.9 g/mol. The summed E-state index contributed by atoms with van der Waals surface area (Å²) in [6, 6.07) is 0. The van der Waals surface area contributed by atoms with Gasteiger partial charge in [0.2, 0.25) is 0 Å². The van der Waals surface area contributed by atoms with Crippen molar-refractivity contribution in [2.75, 3.05) is 13.2 Å². The third kappa shape index (κ3) is 1.40. The summed E-state index contributed by atoms with van der Waals surface area (Å²) < 4.78 is 4.71. The Kier molecular flexibility index (Phi) is 3.12. The maximum Gasteiger partial charge on any atom is 0.395 e. The Hall–Kier alpha value is -0.0551. The molecule has 3 nitrogen and oxygen atoms in total. The SMILES string of the molecule is O.[B]1NCCO1. The van der Waals surface area contributed by atoms with E-state index < -0.39 is 0 Å². The fourth-order valence-corrected chi connectivity index (χ4v) is 0.295. The van der Waals surface area contributed by atoms with Gasteiger partial charge >= 0.3 is 7.62 Å². The minimum atomic E-state index is 0. The van der Waals surface area contributed by atoms with Gasteiger partial charge in [0, 0.05) is 13.2 Å². The third-order valence-electron chi connectivity index (χ3n) is 0.531. The molecule has 0 spiro atoms. The van der Waals surface area contributed by atoms with Gasteiger partial charge in [-0.05, 0) is 0 Å². The minimum Gasteiger partial charge on any atom is -0.423 e. The molecule has 0 aliphatic carbocycles. The molecule has 3 N–H and O–H groups in total. The molecule has 0 unspecified atom stereocenters. The smallest absolute Gasteiger partial charge is 0.395 e. The second kappa shape index (κ2) is 3.15. The predicted molar refractivity (Wildman–Crippen MR) is 23.3 cm³/mol. The number of nitrogens with one attached hydrogen (secondary N) is 1. The van der Waals surface area contributed by atoms with Gasteiger partial charge in [0.05, 0.1) is 0 Å². The number of rotatable bonds is 0. The molecule has 1 saturated heterocycles. The van der Waals surface area contributed by atoms with Crippen molar-refractivity contribution in [1.29, 1.82) is 0 Å². The van der Waals surface area contributed by atoms with E-state index in [0.29, 0.717) is 0 Å². The van der Waals surface area contributed by atoms with E-state index in [4.69, 9.17) is 4.65 Å². The molecule has 6 heavy (non-hydrogen) atoms. The Bertz CT molecular complexity index is 23.1. The van der Waals surface area contributed by atoms with Crippen molar-refractivity contribution in [2.24, 2.45) is 0 Å². The molecular weight excluding hydrogens is 80.8 g/mol. The molecule has 0 aromatic rings. The Morgan fingerprint density at radius 2 is 2.50 bits per heavy atom. The van der Waals surface area contributed by atoms with Gasteiger partial charge in [-0.3, -0.25) is 0 Å². The quantitative estimate of drug-likeness (QED) is 0.359. The van der Waals surface area contributed by atoms with Crippen LogP contribution in [-0.4, -0.2) is 26.2 Å². The number of hydrogen-bond donors (Lipinski definition) is 1. The maximum absolute atomic E-state index is 4.71. The Morgan fingerprint density at radius 3 is 2.67 bits per heavy atom. The molecule has 0 atom stereocenters. The van der Waals surface area contributed by atoms with Gasteiger partial charge in [-0.25, -0.2) is 0 Å². The first-order valence-corrected chi connectivity index (χ1v) is 1.67. The zero-order valence-electron chi connectivity index (χ0n) is 3.40. The van der Waals surface area contributed by atoms with E-state index in [1.54, 1.807) is 7.62 Å². The van der Waals surface area contributed by atoms with Crippen molar-refractivity contribution < 1.29 is 10.1 Å². The molecule has 0 bridgehead atoms. The monoisotopic (exact) mass is 88.1 g/mol. The first-order chi connectivity index (χ1) is 2.50. The van der Waals surface area contributed by atoms with E-state index in [2.05, 4.69) is 5.23 Å². The van der Waals surface area contributed by atoms with Crippen molar-refractivity contribution in [2.45, 2.75) is 0 Å².